The molecular weight excluding hydrogens is 237 g/mol. The maximum absolute atomic E-state index is 12.9. The molecule has 4 nitrogen and oxygen atoms in total. The van der Waals surface area contributed by atoms with Crippen LogP contribution >= 0.6 is 0 Å². The van der Waals surface area contributed by atoms with E-state index in [2.05, 4.69) is 0 Å². The van der Waals surface area contributed by atoms with Crippen LogP contribution in [0.25, 0.3) is 0 Å². The second-order valence-electron chi connectivity index (χ2n) is 3.37. The Morgan fingerprint density at radius 2 is 1.82 bits per heavy atom. The number of alkyl halides is 3. The van der Waals surface area contributed by atoms with E-state index in [1.165, 1.54) is 18.2 Å². The lowest BCUT2D eigenvalue weighted by molar-refractivity contribution is -0.497. The second kappa shape index (κ2) is 4.41. The molecule has 1 aromatic carbocycles. The number of benzene rings is 1. The minimum atomic E-state index is -5.00. The summed E-state index contributed by atoms with van der Waals surface area (Å²) in [6, 6.07) is 7.21. The Kier molecular flexibility index (Phi) is 3.36. The number of nitriles is 1. The molecule has 0 saturated carbocycles. The van der Waals surface area contributed by atoms with Crippen molar-refractivity contribution in [3.05, 3.63) is 46.0 Å². The normalized spacial score (nSPS) is 14.7. The molecule has 0 aromatic heterocycles. The van der Waals surface area contributed by atoms with Crippen LogP contribution in [0.1, 0.15) is 5.56 Å². The lowest BCUT2D eigenvalue weighted by Crippen LogP contribution is -2.46. The van der Waals surface area contributed by atoms with Crippen LogP contribution in [0.5, 0.6) is 0 Å². The fourth-order valence-corrected chi connectivity index (χ4v) is 1.42. The van der Waals surface area contributed by atoms with Crippen molar-refractivity contribution in [1.29, 1.82) is 5.26 Å². The maximum atomic E-state index is 12.9. The molecule has 1 atom stereocenters. The monoisotopic (exact) mass is 244 g/mol. The Hall–Kier alpha value is -2.10. The van der Waals surface area contributed by atoms with Crippen molar-refractivity contribution in [3.8, 4) is 6.07 Å². The Balaban J connectivity index is 3.38. The molecule has 1 aromatic rings. The first-order valence-corrected chi connectivity index (χ1v) is 4.49. The predicted molar refractivity (Wildman–Crippen MR) is 51.6 cm³/mol. The van der Waals surface area contributed by atoms with E-state index in [0.29, 0.717) is 0 Å². The van der Waals surface area contributed by atoms with Crippen molar-refractivity contribution in [2.24, 2.45) is 0 Å². The van der Waals surface area contributed by atoms with Gasteiger partial charge in [-0.1, -0.05) is 30.3 Å². The molecule has 0 saturated heterocycles. The van der Waals surface area contributed by atoms with Gasteiger partial charge in [0.1, 0.15) is 0 Å². The summed E-state index contributed by atoms with van der Waals surface area (Å²) in [6.45, 7) is -1.50. The zero-order chi connectivity index (χ0) is 13.1. The van der Waals surface area contributed by atoms with Gasteiger partial charge in [0.2, 0.25) is 12.0 Å². The van der Waals surface area contributed by atoms with Gasteiger partial charge >= 0.3 is 6.18 Å². The SMILES string of the molecule is N#C[C@@](C[N+](=O)[O-])(c1ccccc1)C(F)(F)F. The van der Waals surface area contributed by atoms with Crippen molar-refractivity contribution in [1.82, 2.24) is 0 Å². The van der Waals surface area contributed by atoms with Crippen molar-refractivity contribution < 1.29 is 18.1 Å². The molecule has 0 heterocycles. The Morgan fingerprint density at radius 1 is 1.29 bits per heavy atom. The van der Waals surface area contributed by atoms with E-state index in [4.69, 9.17) is 5.26 Å². The first-order valence-electron chi connectivity index (χ1n) is 4.49. The Bertz CT molecular complexity index is 453. The van der Waals surface area contributed by atoms with Crippen molar-refractivity contribution in [2.75, 3.05) is 6.54 Å². The topological polar surface area (TPSA) is 66.9 Å². The predicted octanol–water partition coefficient (Wildman–Crippen LogP) is 2.29. The van der Waals surface area contributed by atoms with Gasteiger partial charge in [-0.15, -0.1) is 0 Å². The van der Waals surface area contributed by atoms with Gasteiger partial charge in [-0.05, 0) is 5.56 Å². The van der Waals surface area contributed by atoms with Gasteiger partial charge in [0.25, 0.3) is 0 Å². The van der Waals surface area contributed by atoms with Gasteiger partial charge in [0.15, 0.2) is 0 Å². The van der Waals surface area contributed by atoms with Gasteiger partial charge in [0.05, 0.1) is 6.07 Å². The first kappa shape index (κ1) is 13.0. The second-order valence-corrected chi connectivity index (χ2v) is 3.37. The first-order chi connectivity index (χ1) is 7.83. The molecular formula is C10H7F3N2O2. The van der Waals surface area contributed by atoms with Gasteiger partial charge in [-0.25, -0.2) is 0 Å². The van der Waals surface area contributed by atoms with E-state index in [1.807, 2.05) is 0 Å². The molecule has 17 heavy (non-hydrogen) atoms. The highest BCUT2D eigenvalue weighted by atomic mass is 19.4. The number of rotatable bonds is 3. The van der Waals surface area contributed by atoms with Crippen molar-refractivity contribution in [3.63, 3.8) is 0 Å². The third-order valence-corrected chi connectivity index (χ3v) is 2.31. The van der Waals surface area contributed by atoms with E-state index in [0.717, 1.165) is 18.2 Å². The van der Waals surface area contributed by atoms with Crippen LogP contribution < -0.4 is 0 Å². The zero-order valence-corrected chi connectivity index (χ0v) is 8.44. The highest BCUT2D eigenvalue weighted by Gasteiger charge is 2.60. The number of hydrogen-bond donors (Lipinski definition) is 0. The third kappa shape index (κ3) is 2.36. The summed E-state index contributed by atoms with van der Waals surface area (Å²) in [5.41, 5.74) is -3.52. The summed E-state index contributed by atoms with van der Waals surface area (Å²) in [4.78, 5) is 9.21. The van der Waals surface area contributed by atoms with Crippen molar-refractivity contribution in [2.45, 2.75) is 11.6 Å². The molecule has 1 rings (SSSR count). The minimum absolute atomic E-state index is 0.424. The summed E-state index contributed by atoms with van der Waals surface area (Å²) in [7, 11) is 0. The molecule has 0 aliphatic heterocycles. The largest absolute Gasteiger partial charge is 0.417 e. The highest BCUT2D eigenvalue weighted by Crippen LogP contribution is 2.40. The Morgan fingerprint density at radius 3 is 2.18 bits per heavy atom. The smallest absolute Gasteiger partial charge is 0.264 e. The van der Waals surface area contributed by atoms with Gasteiger partial charge in [-0.3, -0.25) is 10.1 Å². The number of nitro groups is 1. The van der Waals surface area contributed by atoms with Crippen LogP contribution in [0.3, 0.4) is 0 Å². The van der Waals surface area contributed by atoms with Gasteiger partial charge in [-0.2, -0.15) is 18.4 Å². The summed E-state index contributed by atoms with van der Waals surface area (Å²) >= 11 is 0. The quantitative estimate of drug-likeness (QED) is 0.605. The molecule has 0 amide bonds. The molecule has 90 valence electrons. The molecule has 0 fully saturated rings. The third-order valence-electron chi connectivity index (χ3n) is 2.31. The van der Waals surface area contributed by atoms with E-state index in [1.54, 1.807) is 0 Å². The summed E-state index contributed by atoms with van der Waals surface area (Å²) in [5.74, 6) is 0. The van der Waals surface area contributed by atoms with E-state index < -0.39 is 28.6 Å². The summed E-state index contributed by atoms with van der Waals surface area (Å²) in [6.07, 6.45) is -5.00. The van der Waals surface area contributed by atoms with Crippen LogP contribution in [0, 0.1) is 21.4 Å². The average molecular weight is 244 g/mol. The number of hydrogen-bond acceptors (Lipinski definition) is 3. The lowest BCUT2D eigenvalue weighted by atomic mass is 9.81. The van der Waals surface area contributed by atoms with E-state index in [9.17, 15) is 23.3 Å². The van der Waals surface area contributed by atoms with Gasteiger partial charge < -0.3 is 0 Å². The molecule has 0 unspecified atom stereocenters. The molecule has 0 aliphatic carbocycles. The van der Waals surface area contributed by atoms with Crippen LogP contribution in [0.2, 0.25) is 0 Å². The van der Waals surface area contributed by atoms with Crippen LogP contribution in [0.15, 0.2) is 30.3 Å². The fraction of sp³-hybridized carbons (Fsp3) is 0.300. The lowest BCUT2D eigenvalue weighted by Gasteiger charge is -2.25. The molecule has 0 bridgehead atoms. The molecule has 0 radical (unpaired) electrons. The standard InChI is InChI=1S/C10H7F3N2O2/c11-10(12,13)9(6-14,7-15(16)17)8-4-2-1-3-5-8/h1-5H,7H2/t9-/m1/s1. The molecule has 7 heteroatoms. The molecule has 0 N–H and O–H groups in total. The van der Waals surface area contributed by atoms with Crippen molar-refractivity contribution >= 4 is 0 Å². The van der Waals surface area contributed by atoms with Crippen LogP contribution in [-0.2, 0) is 5.41 Å². The highest BCUT2D eigenvalue weighted by molar-refractivity contribution is 5.35. The average Bonchev–Trinajstić information content (AvgIpc) is 2.25. The van der Waals surface area contributed by atoms with E-state index >= 15 is 0 Å². The number of halogens is 3. The maximum Gasteiger partial charge on any atom is 0.417 e. The molecule has 0 spiro atoms. The van der Waals surface area contributed by atoms with E-state index in [-0.39, 0.29) is 0 Å². The van der Waals surface area contributed by atoms with Crippen LogP contribution in [0.4, 0.5) is 13.2 Å². The summed E-state index contributed by atoms with van der Waals surface area (Å²) < 4.78 is 38.7. The summed E-state index contributed by atoms with van der Waals surface area (Å²) in [5, 5.41) is 19.1. The zero-order valence-electron chi connectivity index (χ0n) is 8.44. The Labute approximate surface area is 94.4 Å². The molecule has 0 aliphatic rings. The number of nitrogens with zero attached hydrogens (tertiary/aromatic N) is 2. The fourth-order valence-electron chi connectivity index (χ4n) is 1.42. The van der Waals surface area contributed by atoms with Gasteiger partial charge in [0, 0.05) is 4.92 Å². The minimum Gasteiger partial charge on any atom is -0.264 e. The van der Waals surface area contributed by atoms with Crippen LogP contribution in [-0.4, -0.2) is 17.6 Å².